The van der Waals surface area contributed by atoms with Crippen molar-refractivity contribution in [1.29, 1.82) is 0 Å². The zero-order valence-corrected chi connectivity index (χ0v) is 10.3. The van der Waals surface area contributed by atoms with Gasteiger partial charge in [0.05, 0.1) is 0 Å². The van der Waals surface area contributed by atoms with E-state index in [9.17, 15) is 9.59 Å². The van der Waals surface area contributed by atoms with E-state index in [1.54, 1.807) is 10.9 Å². The van der Waals surface area contributed by atoms with E-state index in [-0.39, 0.29) is 17.9 Å². The lowest BCUT2D eigenvalue weighted by Gasteiger charge is -2.15. The summed E-state index contributed by atoms with van der Waals surface area (Å²) in [7, 11) is 0. The van der Waals surface area contributed by atoms with Crippen molar-refractivity contribution >= 4 is 11.8 Å². The lowest BCUT2D eigenvalue weighted by molar-refractivity contribution is -0.128. The molecular weight excluding hydrogens is 232 g/mol. The SMILES string of the molecule is O=C(CCn1cccn1)NC1CCCCNC1=O. The van der Waals surface area contributed by atoms with E-state index in [2.05, 4.69) is 15.7 Å². The first-order valence-corrected chi connectivity index (χ1v) is 6.30. The van der Waals surface area contributed by atoms with Crippen LogP contribution >= 0.6 is 0 Å². The van der Waals surface area contributed by atoms with Gasteiger partial charge >= 0.3 is 0 Å². The fraction of sp³-hybridized carbons (Fsp3) is 0.583. The van der Waals surface area contributed by atoms with Crippen LogP contribution in [-0.4, -0.2) is 34.2 Å². The first-order chi connectivity index (χ1) is 8.75. The van der Waals surface area contributed by atoms with Crippen LogP contribution in [0.2, 0.25) is 0 Å². The fourth-order valence-electron chi connectivity index (χ4n) is 1.99. The average Bonchev–Trinajstić information content (AvgIpc) is 2.80. The molecule has 1 unspecified atom stereocenters. The zero-order valence-electron chi connectivity index (χ0n) is 10.3. The molecule has 1 saturated heterocycles. The van der Waals surface area contributed by atoms with Crippen LogP contribution in [0, 0.1) is 0 Å². The molecule has 1 aromatic rings. The second-order valence-corrected chi connectivity index (χ2v) is 4.43. The van der Waals surface area contributed by atoms with Gasteiger partial charge in [0.25, 0.3) is 0 Å². The molecule has 1 atom stereocenters. The molecule has 2 heterocycles. The Bertz CT molecular complexity index is 402. The van der Waals surface area contributed by atoms with Crippen molar-refractivity contribution in [3.8, 4) is 0 Å². The first kappa shape index (κ1) is 12.6. The number of carbonyl (C=O) groups excluding carboxylic acids is 2. The number of carbonyl (C=O) groups is 2. The van der Waals surface area contributed by atoms with Crippen molar-refractivity contribution in [1.82, 2.24) is 20.4 Å². The van der Waals surface area contributed by atoms with Gasteiger partial charge in [-0.25, -0.2) is 0 Å². The lowest BCUT2D eigenvalue weighted by Crippen LogP contribution is -2.45. The number of hydrogen-bond acceptors (Lipinski definition) is 3. The largest absolute Gasteiger partial charge is 0.354 e. The minimum absolute atomic E-state index is 0.0695. The molecule has 0 radical (unpaired) electrons. The van der Waals surface area contributed by atoms with E-state index < -0.39 is 0 Å². The molecule has 0 bridgehead atoms. The van der Waals surface area contributed by atoms with Crippen LogP contribution in [0.1, 0.15) is 25.7 Å². The lowest BCUT2D eigenvalue weighted by atomic mass is 10.1. The Labute approximate surface area is 106 Å². The van der Waals surface area contributed by atoms with Crippen molar-refractivity contribution in [3.63, 3.8) is 0 Å². The van der Waals surface area contributed by atoms with Gasteiger partial charge in [-0.05, 0) is 25.3 Å². The Hall–Kier alpha value is -1.85. The molecule has 98 valence electrons. The summed E-state index contributed by atoms with van der Waals surface area (Å²) in [5.41, 5.74) is 0. The van der Waals surface area contributed by atoms with Crippen LogP contribution in [0.4, 0.5) is 0 Å². The molecule has 2 N–H and O–H groups in total. The van der Waals surface area contributed by atoms with E-state index in [0.29, 0.717) is 19.5 Å². The second-order valence-electron chi connectivity index (χ2n) is 4.43. The summed E-state index contributed by atoms with van der Waals surface area (Å²) < 4.78 is 1.70. The van der Waals surface area contributed by atoms with Crippen LogP contribution in [0.5, 0.6) is 0 Å². The number of aryl methyl sites for hydroxylation is 1. The van der Waals surface area contributed by atoms with Crippen molar-refractivity contribution in [2.24, 2.45) is 0 Å². The maximum Gasteiger partial charge on any atom is 0.242 e. The number of nitrogens with one attached hydrogen (secondary N) is 2. The number of rotatable bonds is 4. The van der Waals surface area contributed by atoms with Crippen molar-refractivity contribution < 1.29 is 9.59 Å². The van der Waals surface area contributed by atoms with E-state index in [0.717, 1.165) is 19.3 Å². The molecule has 1 aromatic heterocycles. The summed E-state index contributed by atoms with van der Waals surface area (Å²) >= 11 is 0. The van der Waals surface area contributed by atoms with Gasteiger partial charge in [0.15, 0.2) is 0 Å². The topological polar surface area (TPSA) is 76.0 Å². The third-order valence-corrected chi connectivity index (χ3v) is 3.00. The third-order valence-electron chi connectivity index (χ3n) is 3.00. The second kappa shape index (κ2) is 6.18. The fourth-order valence-corrected chi connectivity index (χ4v) is 1.99. The molecule has 0 aliphatic carbocycles. The predicted molar refractivity (Wildman–Crippen MR) is 65.6 cm³/mol. The Kier molecular flexibility index (Phi) is 4.33. The molecular formula is C12H18N4O2. The number of hydrogen-bond donors (Lipinski definition) is 2. The van der Waals surface area contributed by atoms with Crippen LogP contribution in [-0.2, 0) is 16.1 Å². The van der Waals surface area contributed by atoms with Crippen molar-refractivity contribution in [2.75, 3.05) is 6.54 Å². The highest BCUT2D eigenvalue weighted by atomic mass is 16.2. The van der Waals surface area contributed by atoms with Crippen LogP contribution in [0.25, 0.3) is 0 Å². The van der Waals surface area contributed by atoms with E-state index in [1.807, 2.05) is 12.3 Å². The minimum Gasteiger partial charge on any atom is -0.354 e. The predicted octanol–water partition coefficient (Wildman–Crippen LogP) is 0.0581. The van der Waals surface area contributed by atoms with Crippen molar-refractivity contribution in [3.05, 3.63) is 18.5 Å². The monoisotopic (exact) mass is 250 g/mol. The van der Waals surface area contributed by atoms with Crippen LogP contribution in [0.15, 0.2) is 18.5 Å². The Balaban J connectivity index is 1.77. The molecule has 0 spiro atoms. The van der Waals surface area contributed by atoms with Crippen molar-refractivity contribution in [2.45, 2.75) is 38.3 Å². The van der Waals surface area contributed by atoms with Gasteiger partial charge < -0.3 is 10.6 Å². The van der Waals surface area contributed by atoms with Gasteiger partial charge in [-0.2, -0.15) is 5.10 Å². The Morgan fingerprint density at radius 2 is 2.44 bits per heavy atom. The minimum atomic E-state index is -0.377. The molecule has 0 aromatic carbocycles. The van der Waals surface area contributed by atoms with Gasteiger partial charge in [0.2, 0.25) is 11.8 Å². The van der Waals surface area contributed by atoms with Gasteiger partial charge in [-0.3, -0.25) is 14.3 Å². The highest BCUT2D eigenvalue weighted by molar-refractivity contribution is 5.87. The third kappa shape index (κ3) is 3.58. The number of amides is 2. The van der Waals surface area contributed by atoms with E-state index >= 15 is 0 Å². The Morgan fingerprint density at radius 1 is 1.56 bits per heavy atom. The summed E-state index contributed by atoms with van der Waals surface area (Å²) in [4.78, 5) is 23.4. The summed E-state index contributed by atoms with van der Waals surface area (Å²) in [5, 5.41) is 9.60. The van der Waals surface area contributed by atoms with Crippen LogP contribution < -0.4 is 10.6 Å². The molecule has 2 rings (SSSR count). The molecule has 1 fully saturated rings. The molecule has 6 nitrogen and oxygen atoms in total. The highest BCUT2D eigenvalue weighted by Gasteiger charge is 2.21. The number of nitrogens with zero attached hydrogens (tertiary/aromatic N) is 2. The first-order valence-electron chi connectivity index (χ1n) is 6.30. The zero-order chi connectivity index (χ0) is 12.8. The Morgan fingerprint density at radius 3 is 3.22 bits per heavy atom. The summed E-state index contributed by atoms with van der Waals surface area (Å²) in [6.07, 6.45) is 6.49. The quantitative estimate of drug-likeness (QED) is 0.793. The van der Waals surface area contributed by atoms with E-state index in [1.165, 1.54) is 0 Å². The standard InChI is InChI=1S/C12H18N4O2/c17-11(5-9-16-8-3-7-14-16)15-10-4-1-2-6-13-12(10)18/h3,7-8,10H,1-2,4-6,9H2,(H,13,18)(H,15,17). The van der Waals surface area contributed by atoms with E-state index in [4.69, 9.17) is 0 Å². The maximum absolute atomic E-state index is 11.7. The van der Waals surface area contributed by atoms with Gasteiger partial charge in [-0.1, -0.05) is 0 Å². The summed E-state index contributed by atoms with van der Waals surface area (Å²) in [6, 6.07) is 1.44. The molecule has 2 amide bonds. The van der Waals surface area contributed by atoms with Crippen LogP contribution in [0.3, 0.4) is 0 Å². The van der Waals surface area contributed by atoms with Gasteiger partial charge in [0, 0.05) is 31.9 Å². The normalized spacial score (nSPS) is 20.0. The maximum atomic E-state index is 11.7. The van der Waals surface area contributed by atoms with Gasteiger partial charge in [-0.15, -0.1) is 0 Å². The molecule has 0 saturated carbocycles. The highest BCUT2D eigenvalue weighted by Crippen LogP contribution is 2.05. The summed E-state index contributed by atoms with van der Waals surface area (Å²) in [6.45, 7) is 1.24. The number of aromatic nitrogens is 2. The smallest absolute Gasteiger partial charge is 0.242 e. The molecule has 1 aliphatic rings. The molecule has 6 heteroatoms. The summed E-state index contributed by atoms with van der Waals surface area (Å²) in [5.74, 6) is -0.174. The molecule has 1 aliphatic heterocycles. The molecule has 18 heavy (non-hydrogen) atoms. The van der Waals surface area contributed by atoms with Gasteiger partial charge in [0.1, 0.15) is 6.04 Å². The average molecular weight is 250 g/mol.